The molecule has 3 amide bonds. The van der Waals surface area contributed by atoms with Gasteiger partial charge in [-0.3, -0.25) is 14.4 Å². The van der Waals surface area contributed by atoms with E-state index >= 15 is 0 Å². The predicted molar refractivity (Wildman–Crippen MR) is 158 cm³/mol. The third-order valence-electron chi connectivity index (χ3n) is 8.13. The molecule has 10 nitrogen and oxygen atoms in total. The monoisotopic (exact) mass is 591 g/mol. The van der Waals surface area contributed by atoms with Crippen LogP contribution in [-0.4, -0.2) is 81.3 Å². The third-order valence-corrected chi connectivity index (χ3v) is 8.45. The maximum absolute atomic E-state index is 14.8. The van der Waals surface area contributed by atoms with Crippen molar-refractivity contribution in [2.75, 3.05) is 44.6 Å². The molecule has 2 fully saturated rings. The molecule has 1 atom stereocenters. The van der Waals surface area contributed by atoms with Crippen molar-refractivity contribution in [1.82, 2.24) is 29.7 Å². The Morgan fingerprint density at radius 3 is 2.62 bits per heavy atom. The highest BCUT2D eigenvalue weighted by Gasteiger charge is 2.28. The molecule has 3 N–H and O–H groups in total. The number of hydrogen-bond acceptors (Lipinski definition) is 5. The average Bonchev–Trinajstić information content (AvgIpc) is 3.75. The molecule has 2 saturated heterocycles. The summed E-state index contributed by atoms with van der Waals surface area (Å²) in [4.78, 5) is 49.8. The average molecular weight is 592 g/mol. The van der Waals surface area contributed by atoms with Crippen molar-refractivity contribution in [1.29, 1.82) is 0 Å². The third kappa shape index (κ3) is 5.37. The number of anilines is 1. The highest BCUT2D eigenvalue weighted by Crippen LogP contribution is 2.31. The summed E-state index contributed by atoms with van der Waals surface area (Å²) in [6, 6.07) is 9.52. The van der Waals surface area contributed by atoms with E-state index in [1.165, 1.54) is 22.9 Å². The van der Waals surface area contributed by atoms with Crippen LogP contribution in [0.1, 0.15) is 33.8 Å². The quantitative estimate of drug-likeness (QED) is 0.315. The zero-order valence-corrected chi connectivity index (χ0v) is 23.9. The number of hydrogen-bond donors (Lipinski definition) is 3. The number of halogens is 2. The molecule has 0 radical (unpaired) electrons. The second-order valence-electron chi connectivity index (χ2n) is 10.8. The summed E-state index contributed by atoms with van der Waals surface area (Å²) in [5.41, 5.74) is 2.29. The molecule has 0 bridgehead atoms. The minimum Gasteiger partial charge on any atom is -0.361 e. The summed E-state index contributed by atoms with van der Waals surface area (Å²) in [5.74, 6) is -0.532. The molecular formula is C30H31ClFN7O3. The fourth-order valence-corrected chi connectivity index (χ4v) is 6.03. The Kier molecular flexibility index (Phi) is 7.70. The summed E-state index contributed by atoms with van der Waals surface area (Å²) >= 11 is 6.49. The lowest BCUT2D eigenvalue weighted by Crippen LogP contribution is -2.51. The summed E-state index contributed by atoms with van der Waals surface area (Å²) in [5, 5.41) is 6.94. The van der Waals surface area contributed by atoms with Gasteiger partial charge in [0.15, 0.2) is 5.82 Å². The van der Waals surface area contributed by atoms with Crippen molar-refractivity contribution >= 4 is 45.9 Å². The molecule has 2 aromatic heterocycles. The first-order chi connectivity index (χ1) is 20.3. The van der Waals surface area contributed by atoms with Gasteiger partial charge in [0.25, 0.3) is 11.8 Å². The number of carbonyl (C=O) groups excluding carboxylic acids is 3. The molecule has 218 valence electrons. The lowest BCUT2D eigenvalue weighted by atomic mass is 10.0. The Balaban J connectivity index is 1.10. The van der Waals surface area contributed by atoms with Crippen LogP contribution < -0.4 is 10.6 Å². The number of H-pyrrole nitrogens is 1. The second kappa shape index (κ2) is 11.6. The SMILES string of the molecule is Cn1c(-c2c(F)ccc3[nH]ccc23)cnc1C(=O)Nc1ccc(C(=O)N2CCN(C(=O)C[C@@H]3CCNC3)CC2)c(Cl)c1. The van der Waals surface area contributed by atoms with Crippen molar-refractivity contribution in [3.8, 4) is 11.3 Å². The van der Waals surface area contributed by atoms with Gasteiger partial charge in [0, 0.05) is 68.0 Å². The predicted octanol–water partition coefficient (Wildman–Crippen LogP) is 3.90. The number of fused-ring (bicyclic) bond motifs is 1. The number of nitrogens with zero attached hydrogens (tertiary/aromatic N) is 4. The van der Waals surface area contributed by atoms with Crippen LogP contribution in [0.2, 0.25) is 5.02 Å². The first-order valence-corrected chi connectivity index (χ1v) is 14.3. The number of benzene rings is 2. The highest BCUT2D eigenvalue weighted by molar-refractivity contribution is 6.34. The Morgan fingerprint density at radius 1 is 1.10 bits per heavy atom. The topological polar surface area (TPSA) is 115 Å². The van der Waals surface area contributed by atoms with Crippen molar-refractivity contribution in [3.63, 3.8) is 0 Å². The fraction of sp³-hybridized carbons (Fsp3) is 0.333. The van der Waals surface area contributed by atoms with Crippen LogP contribution in [0.25, 0.3) is 22.2 Å². The van der Waals surface area contributed by atoms with Gasteiger partial charge in [-0.05, 0) is 61.8 Å². The van der Waals surface area contributed by atoms with E-state index < -0.39 is 11.7 Å². The summed E-state index contributed by atoms with van der Waals surface area (Å²) in [7, 11) is 1.65. The lowest BCUT2D eigenvalue weighted by molar-refractivity contribution is -0.133. The Hall–Kier alpha value is -4.22. The van der Waals surface area contributed by atoms with Gasteiger partial charge >= 0.3 is 0 Å². The molecule has 4 heterocycles. The first kappa shape index (κ1) is 27.9. The van der Waals surface area contributed by atoms with Gasteiger partial charge in [0.1, 0.15) is 5.82 Å². The summed E-state index contributed by atoms with van der Waals surface area (Å²) in [6.07, 6.45) is 4.76. The molecule has 0 aliphatic carbocycles. The van der Waals surface area contributed by atoms with Gasteiger partial charge in [0.05, 0.1) is 22.5 Å². The minimum atomic E-state index is -0.505. The van der Waals surface area contributed by atoms with Crippen LogP contribution in [0.3, 0.4) is 0 Å². The number of imidazole rings is 1. The molecular weight excluding hydrogens is 561 g/mol. The van der Waals surface area contributed by atoms with E-state index in [-0.39, 0.29) is 22.7 Å². The zero-order valence-electron chi connectivity index (χ0n) is 23.1. The Bertz CT molecular complexity index is 1670. The maximum atomic E-state index is 14.8. The highest BCUT2D eigenvalue weighted by atomic mass is 35.5. The number of rotatable bonds is 6. The van der Waals surface area contributed by atoms with Crippen molar-refractivity contribution < 1.29 is 18.8 Å². The number of piperazine rings is 1. The van der Waals surface area contributed by atoms with E-state index in [0.717, 1.165) is 25.0 Å². The molecule has 0 unspecified atom stereocenters. The first-order valence-electron chi connectivity index (χ1n) is 14.0. The van der Waals surface area contributed by atoms with Crippen LogP contribution in [0.15, 0.2) is 48.8 Å². The van der Waals surface area contributed by atoms with Crippen LogP contribution in [-0.2, 0) is 11.8 Å². The van der Waals surface area contributed by atoms with E-state index in [2.05, 4.69) is 20.6 Å². The Labute approximate surface area is 246 Å². The van der Waals surface area contributed by atoms with E-state index in [0.29, 0.717) is 66.4 Å². The summed E-state index contributed by atoms with van der Waals surface area (Å²) < 4.78 is 16.3. The lowest BCUT2D eigenvalue weighted by Gasteiger charge is -2.35. The van der Waals surface area contributed by atoms with E-state index in [4.69, 9.17) is 11.6 Å². The number of carbonyl (C=O) groups is 3. The molecule has 4 aromatic rings. The molecule has 12 heteroatoms. The van der Waals surface area contributed by atoms with Crippen molar-refractivity contribution in [2.24, 2.45) is 13.0 Å². The maximum Gasteiger partial charge on any atom is 0.291 e. The second-order valence-corrected chi connectivity index (χ2v) is 11.2. The van der Waals surface area contributed by atoms with Gasteiger partial charge in [-0.2, -0.15) is 0 Å². The van der Waals surface area contributed by atoms with Gasteiger partial charge in [-0.15, -0.1) is 0 Å². The molecule has 0 spiro atoms. The van der Waals surface area contributed by atoms with Gasteiger partial charge in [-0.1, -0.05) is 11.6 Å². The normalized spacial score (nSPS) is 17.2. The standard InChI is InChI=1S/C30H31ClFN7O3/c1-37-25(27-21-7-9-34-24(21)5-4-23(27)32)17-35-28(37)29(41)36-19-2-3-20(22(31)15-19)30(42)39-12-10-38(11-13-39)26(40)14-18-6-8-33-16-18/h2-5,7,9,15,17-18,33-34H,6,8,10-14,16H2,1H3,(H,36,41)/t18-/m0/s1. The van der Waals surface area contributed by atoms with Crippen LogP contribution >= 0.6 is 11.6 Å². The summed E-state index contributed by atoms with van der Waals surface area (Å²) in [6.45, 7) is 3.68. The fourth-order valence-electron chi connectivity index (χ4n) is 5.77. The van der Waals surface area contributed by atoms with Gasteiger partial charge in [0.2, 0.25) is 5.91 Å². The number of amides is 3. The smallest absolute Gasteiger partial charge is 0.291 e. The van der Waals surface area contributed by atoms with E-state index in [1.807, 2.05) is 4.90 Å². The van der Waals surface area contributed by atoms with Gasteiger partial charge < -0.3 is 30.0 Å². The number of nitrogens with one attached hydrogen (secondary N) is 3. The van der Waals surface area contributed by atoms with Crippen molar-refractivity contribution in [3.05, 3.63) is 71.0 Å². The van der Waals surface area contributed by atoms with Crippen LogP contribution in [0.5, 0.6) is 0 Å². The van der Waals surface area contributed by atoms with E-state index in [9.17, 15) is 18.8 Å². The largest absolute Gasteiger partial charge is 0.361 e. The molecule has 6 rings (SSSR count). The van der Waals surface area contributed by atoms with E-state index in [1.54, 1.807) is 42.4 Å². The van der Waals surface area contributed by atoms with Crippen molar-refractivity contribution in [2.45, 2.75) is 12.8 Å². The van der Waals surface area contributed by atoms with Crippen LogP contribution in [0, 0.1) is 11.7 Å². The molecule has 0 saturated carbocycles. The van der Waals surface area contributed by atoms with Crippen LogP contribution in [0.4, 0.5) is 10.1 Å². The van der Waals surface area contributed by atoms with Gasteiger partial charge in [-0.25, -0.2) is 9.37 Å². The molecule has 42 heavy (non-hydrogen) atoms. The zero-order chi connectivity index (χ0) is 29.4. The molecule has 2 aliphatic heterocycles. The Morgan fingerprint density at radius 2 is 1.88 bits per heavy atom. The number of aromatic nitrogens is 3. The minimum absolute atomic E-state index is 0.0878. The molecule has 2 aliphatic rings. The molecule has 2 aromatic carbocycles. The number of aromatic amines is 1.